The molecular formula is C20H33Cl2N3O2. The fraction of sp³-hybridized carbons (Fsp3) is 0.650. The quantitative estimate of drug-likeness (QED) is 0.746. The maximum atomic E-state index is 12.3. The Kier molecular flexibility index (Phi) is 10.6. The second-order valence-electron chi connectivity index (χ2n) is 7.55. The fourth-order valence-electron chi connectivity index (χ4n) is 3.89. The van der Waals surface area contributed by atoms with Gasteiger partial charge in [-0.15, -0.1) is 24.8 Å². The molecule has 2 saturated heterocycles. The predicted octanol–water partition coefficient (Wildman–Crippen LogP) is 2.87. The molecule has 2 aliphatic heterocycles. The standard InChI is InChI=1S/C20H31N3O2.2ClH/c1-15-12-23(13-16(2)25-15)14-18-3-5-19(6-4-18)20(24)22-10-8-17-7-9-21-11-17;;/h3-6,15-17,21H,7-14H2,1-2H3,(H,22,24);2*1H. The Morgan fingerprint density at radius 2 is 1.85 bits per heavy atom. The van der Waals surface area contributed by atoms with Gasteiger partial charge in [0.1, 0.15) is 0 Å². The van der Waals surface area contributed by atoms with Gasteiger partial charge in [-0.1, -0.05) is 12.1 Å². The summed E-state index contributed by atoms with van der Waals surface area (Å²) in [6.07, 6.45) is 2.85. The molecule has 3 rings (SSSR count). The number of carbonyl (C=O) groups excluding carboxylic acids is 1. The SMILES string of the molecule is CC1CN(Cc2ccc(C(=O)NCCC3CCNC3)cc2)CC(C)O1.Cl.Cl. The van der Waals surface area contributed by atoms with Crippen molar-refractivity contribution in [1.82, 2.24) is 15.5 Å². The van der Waals surface area contributed by atoms with Gasteiger partial charge in [0, 0.05) is 31.7 Å². The van der Waals surface area contributed by atoms with Crippen LogP contribution in [0, 0.1) is 5.92 Å². The van der Waals surface area contributed by atoms with Crippen LogP contribution in [0.3, 0.4) is 0 Å². The highest BCUT2D eigenvalue weighted by molar-refractivity contribution is 5.94. The highest BCUT2D eigenvalue weighted by atomic mass is 35.5. The van der Waals surface area contributed by atoms with Crippen LogP contribution in [0.2, 0.25) is 0 Å². The zero-order valence-electron chi connectivity index (χ0n) is 16.3. The number of hydrogen-bond acceptors (Lipinski definition) is 4. The Bertz CT molecular complexity index is 555. The van der Waals surface area contributed by atoms with Crippen molar-refractivity contribution in [2.24, 2.45) is 5.92 Å². The summed E-state index contributed by atoms with van der Waals surface area (Å²) in [7, 11) is 0. The zero-order valence-corrected chi connectivity index (χ0v) is 17.9. The first kappa shape index (κ1) is 24.2. The normalized spacial score (nSPS) is 25.3. The number of nitrogens with one attached hydrogen (secondary N) is 2. The van der Waals surface area contributed by atoms with E-state index < -0.39 is 0 Å². The average Bonchev–Trinajstić information content (AvgIpc) is 3.08. The minimum Gasteiger partial charge on any atom is -0.373 e. The van der Waals surface area contributed by atoms with Crippen molar-refractivity contribution in [1.29, 1.82) is 0 Å². The monoisotopic (exact) mass is 417 g/mol. The molecule has 0 aliphatic carbocycles. The molecule has 2 N–H and O–H groups in total. The van der Waals surface area contributed by atoms with Crippen LogP contribution in [0.5, 0.6) is 0 Å². The maximum absolute atomic E-state index is 12.3. The first-order valence-corrected chi connectivity index (χ1v) is 9.56. The van der Waals surface area contributed by atoms with E-state index >= 15 is 0 Å². The average molecular weight is 418 g/mol. The van der Waals surface area contributed by atoms with Gasteiger partial charge in [0.25, 0.3) is 5.91 Å². The smallest absolute Gasteiger partial charge is 0.251 e. The predicted molar refractivity (Wildman–Crippen MR) is 114 cm³/mol. The topological polar surface area (TPSA) is 53.6 Å². The van der Waals surface area contributed by atoms with E-state index in [4.69, 9.17) is 4.74 Å². The van der Waals surface area contributed by atoms with E-state index in [-0.39, 0.29) is 42.9 Å². The molecule has 3 atom stereocenters. The van der Waals surface area contributed by atoms with Crippen molar-refractivity contribution in [3.8, 4) is 0 Å². The number of rotatable bonds is 6. The van der Waals surface area contributed by atoms with Crippen molar-refractivity contribution in [3.05, 3.63) is 35.4 Å². The van der Waals surface area contributed by atoms with Crippen molar-refractivity contribution in [2.75, 3.05) is 32.7 Å². The Balaban J connectivity index is 0.00000182. The Labute approximate surface area is 175 Å². The van der Waals surface area contributed by atoms with Gasteiger partial charge in [-0.3, -0.25) is 9.69 Å². The molecule has 0 saturated carbocycles. The van der Waals surface area contributed by atoms with Gasteiger partial charge in [-0.05, 0) is 63.4 Å². The number of hydrogen-bond donors (Lipinski definition) is 2. The molecule has 5 nitrogen and oxygen atoms in total. The summed E-state index contributed by atoms with van der Waals surface area (Å²) in [5, 5.41) is 6.41. The first-order valence-electron chi connectivity index (χ1n) is 9.56. The van der Waals surface area contributed by atoms with Crippen molar-refractivity contribution in [2.45, 2.75) is 45.4 Å². The molecule has 3 unspecified atom stereocenters. The van der Waals surface area contributed by atoms with Crippen LogP contribution in [0.1, 0.15) is 42.6 Å². The summed E-state index contributed by atoms with van der Waals surface area (Å²) in [6.45, 7) is 10.0. The summed E-state index contributed by atoms with van der Waals surface area (Å²) < 4.78 is 5.78. The third-order valence-electron chi connectivity index (χ3n) is 5.12. The summed E-state index contributed by atoms with van der Waals surface area (Å²) in [5.41, 5.74) is 1.99. The summed E-state index contributed by atoms with van der Waals surface area (Å²) in [4.78, 5) is 14.7. The van der Waals surface area contributed by atoms with Crippen molar-refractivity contribution < 1.29 is 9.53 Å². The number of benzene rings is 1. The molecule has 154 valence electrons. The molecule has 1 amide bonds. The summed E-state index contributed by atoms with van der Waals surface area (Å²) >= 11 is 0. The number of amides is 1. The summed E-state index contributed by atoms with van der Waals surface area (Å²) in [6, 6.07) is 8.02. The lowest BCUT2D eigenvalue weighted by Crippen LogP contribution is -2.44. The van der Waals surface area contributed by atoms with E-state index in [0.29, 0.717) is 5.92 Å². The van der Waals surface area contributed by atoms with Crippen LogP contribution >= 0.6 is 24.8 Å². The molecule has 0 spiro atoms. The van der Waals surface area contributed by atoms with Gasteiger partial charge in [0.2, 0.25) is 0 Å². The zero-order chi connectivity index (χ0) is 17.6. The van der Waals surface area contributed by atoms with Gasteiger partial charge < -0.3 is 15.4 Å². The number of morpholine rings is 1. The first-order chi connectivity index (χ1) is 12.1. The lowest BCUT2D eigenvalue weighted by atomic mass is 10.1. The van der Waals surface area contributed by atoms with Crippen LogP contribution in [-0.2, 0) is 11.3 Å². The van der Waals surface area contributed by atoms with Crippen LogP contribution in [-0.4, -0.2) is 55.7 Å². The van der Waals surface area contributed by atoms with E-state index in [1.54, 1.807) is 0 Å². The number of carbonyl (C=O) groups is 1. The molecule has 1 aromatic rings. The second-order valence-corrected chi connectivity index (χ2v) is 7.55. The number of halogens is 2. The maximum Gasteiger partial charge on any atom is 0.251 e. The Morgan fingerprint density at radius 3 is 2.44 bits per heavy atom. The third-order valence-corrected chi connectivity index (χ3v) is 5.12. The lowest BCUT2D eigenvalue weighted by molar-refractivity contribution is -0.0704. The lowest BCUT2D eigenvalue weighted by Gasteiger charge is -2.35. The molecule has 27 heavy (non-hydrogen) atoms. The molecule has 1 aromatic carbocycles. The molecule has 2 aliphatic rings. The highest BCUT2D eigenvalue weighted by Crippen LogP contribution is 2.15. The molecule has 0 aromatic heterocycles. The van der Waals surface area contributed by atoms with Crippen molar-refractivity contribution in [3.63, 3.8) is 0 Å². The van der Waals surface area contributed by atoms with Crippen molar-refractivity contribution >= 4 is 30.7 Å². The van der Waals surface area contributed by atoms with Gasteiger partial charge in [0.15, 0.2) is 0 Å². The molecular weight excluding hydrogens is 385 g/mol. The van der Waals surface area contributed by atoms with Gasteiger partial charge in [-0.25, -0.2) is 0 Å². The molecule has 0 radical (unpaired) electrons. The Hall–Kier alpha value is -0.850. The fourth-order valence-corrected chi connectivity index (χ4v) is 3.89. The minimum absolute atomic E-state index is 0. The van der Waals surface area contributed by atoms with Crippen LogP contribution in [0.15, 0.2) is 24.3 Å². The van der Waals surface area contributed by atoms with Crippen LogP contribution in [0.4, 0.5) is 0 Å². The highest BCUT2D eigenvalue weighted by Gasteiger charge is 2.22. The van der Waals surface area contributed by atoms with Crippen LogP contribution in [0.25, 0.3) is 0 Å². The third kappa shape index (κ3) is 7.59. The van der Waals surface area contributed by atoms with E-state index in [1.807, 2.05) is 12.1 Å². The minimum atomic E-state index is 0. The molecule has 2 heterocycles. The van der Waals surface area contributed by atoms with Gasteiger partial charge >= 0.3 is 0 Å². The number of nitrogens with zero attached hydrogens (tertiary/aromatic N) is 1. The molecule has 7 heteroatoms. The molecule has 2 fully saturated rings. The molecule has 0 bridgehead atoms. The second kappa shape index (κ2) is 11.9. The van der Waals surface area contributed by atoms with Gasteiger partial charge in [-0.2, -0.15) is 0 Å². The van der Waals surface area contributed by atoms with Gasteiger partial charge in [0.05, 0.1) is 12.2 Å². The van der Waals surface area contributed by atoms with E-state index in [2.05, 4.69) is 41.5 Å². The van der Waals surface area contributed by atoms with E-state index in [9.17, 15) is 4.79 Å². The largest absolute Gasteiger partial charge is 0.373 e. The van der Waals surface area contributed by atoms with E-state index in [0.717, 1.165) is 51.3 Å². The van der Waals surface area contributed by atoms with E-state index in [1.165, 1.54) is 12.0 Å². The van der Waals surface area contributed by atoms with Crippen LogP contribution < -0.4 is 10.6 Å². The summed E-state index contributed by atoms with van der Waals surface area (Å²) in [5.74, 6) is 0.743. The Morgan fingerprint density at radius 1 is 1.19 bits per heavy atom. The number of ether oxygens (including phenoxy) is 1.